The van der Waals surface area contributed by atoms with Crippen LogP contribution in [0.1, 0.15) is 62.6 Å². The lowest BCUT2D eigenvalue weighted by Crippen LogP contribution is -2.26. The van der Waals surface area contributed by atoms with Crippen LogP contribution in [0.25, 0.3) is 0 Å². The van der Waals surface area contributed by atoms with E-state index in [9.17, 15) is 5.26 Å². The van der Waals surface area contributed by atoms with Crippen LogP contribution in [0.5, 0.6) is 5.75 Å². The largest absolute Gasteiger partial charge is 0.493 e. The molecule has 1 heterocycles. The van der Waals surface area contributed by atoms with Crippen LogP contribution in [0.4, 0.5) is 5.00 Å². The van der Waals surface area contributed by atoms with Crippen LogP contribution in [0, 0.1) is 28.6 Å². The molecule has 1 aromatic heterocycles. The van der Waals surface area contributed by atoms with Crippen molar-refractivity contribution in [2.24, 2.45) is 22.2 Å². The lowest BCUT2D eigenvalue weighted by molar-refractivity contribution is 0.218. The third-order valence-electron chi connectivity index (χ3n) is 5.38. The molecule has 0 bridgehead atoms. The van der Waals surface area contributed by atoms with E-state index in [2.05, 4.69) is 45.7 Å². The number of benzene rings is 1. The monoisotopic (exact) mass is 394 g/mol. The number of thiophene rings is 1. The van der Waals surface area contributed by atoms with E-state index in [4.69, 9.17) is 4.74 Å². The third-order valence-corrected chi connectivity index (χ3v) is 6.54. The molecule has 0 radical (unpaired) electrons. The molecule has 0 spiro atoms. The third kappa shape index (κ3) is 4.83. The Morgan fingerprint density at radius 3 is 2.61 bits per heavy atom. The second-order valence-corrected chi connectivity index (χ2v) is 10.2. The molecule has 1 atom stereocenters. The van der Waals surface area contributed by atoms with Gasteiger partial charge in [-0.2, -0.15) is 5.26 Å². The van der Waals surface area contributed by atoms with Crippen molar-refractivity contribution in [3.8, 4) is 11.8 Å². The van der Waals surface area contributed by atoms with Gasteiger partial charge < -0.3 is 4.74 Å². The van der Waals surface area contributed by atoms with Gasteiger partial charge in [0.25, 0.3) is 0 Å². The number of ether oxygens (including phenoxy) is 1. The maximum atomic E-state index is 9.69. The van der Waals surface area contributed by atoms with Crippen LogP contribution in [-0.4, -0.2) is 12.8 Å². The van der Waals surface area contributed by atoms with Gasteiger partial charge in [-0.25, -0.2) is 4.99 Å². The summed E-state index contributed by atoms with van der Waals surface area (Å²) in [4.78, 5) is 6.03. The smallest absolute Gasteiger partial charge is 0.134 e. The fourth-order valence-corrected chi connectivity index (χ4v) is 4.78. The van der Waals surface area contributed by atoms with Crippen LogP contribution < -0.4 is 4.74 Å². The normalized spacial score (nSPS) is 17.0. The van der Waals surface area contributed by atoms with Crippen molar-refractivity contribution in [3.63, 3.8) is 0 Å². The Morgan fingerprint density at radius 1 is 1.29 bits per heavy atom. The molecule has 0 amide bonds. The molecule has 1 aliphatic carbocycles. The summed E-state index contributed by atoms with van der Waals surface area (Å²) < 4.78 is 5.73. The van der Waals surface area contributed by atoms with E-state index < -0.39 is 0 Å². The molecule has 148 valence electrons. The molecule has 0 saturated carbocycles. The highest BCUT2D eigenvalue weighted by molar-refractivity contribution is 7.16. The van der Waals surface area contributed by atoms with Gasteiger partial charge in [-0.05, 0) is 71.9 Å². The number of fused-ring (bicyclic) bond motifs is 1. The summed E-state index contributed by atoms with van der Waals surface area (Å²) in [7, 11) is 0. The molecule has 4 heteroatoms. The second kappa shape index (κ2) is 8.49. The van der Waals surface area contributed by atoms with Crippen molar-refractivity contribution < 1.29 is 4.74 Å². The topological polar surface area (TPSA) is 45.4 Å². The van der Waals surface area contributed by atoms with Crippen LogP contribution in [0.2, 0.25) is 0 Å². The van der Waals surface area contributed by atoms with Gasteiger partial charge in [0, 0.05) is 11.1 Å². The van der Waals surface area contributed by atoms with E-state index in [1.165, 1.54) is 10.4 Å². The minimum Gasteiger partial charge on any atom is -0.493 e. The SMILES string of the molecule is CC(C)COc1ccc(C=Nc2sc3c(c2C#N)CC[C@H](C(C)(C)C)C3)cc1. The summed E-state index contributed by atoms with van der Waals surface area (Å²) in [6.07, 6.45) is 5.07. The van der Waals surface area contributed by atoms with E-state index in [-0.39, 0.29) is 0 Å². The highest BCUT2D eigenvalue weighted by Gasteiger charge is 2.32. The minimum absolute atomic E-state index is 0.303. The van der Waals surface area contributed by atoms with Crippen molar-refractivity contribution in [1.82, 2.24) is 0 Å². The van der Waals surface area contributed by atoms with Gasteiger partial charge in [-0.1, -0.05) is 34.6 Å². The van der Waals surface area contributed by atoms with E-state index >= 15 is 0 Å². The van der Waals surface area contributed by atoms with E-state index in [1.54, 1.807) is 11.3 Å². The number of rotatable bonds is 5. The molecule has 0 saturated heterocycles. The number of aliphatic imine (C=N–C) groups is 1. The maximum absolute atomic E-state index is 9.69. The molecule has 28 heavy (non-hydrogen) atoms. The summed E-state index contributed by atoms with van der Waals surface area (Å²) in [6.45, 7) is 11.9. The van der Waals surface area contributed by atoms with Crippen LogP contribution >= 0.6 is 11.3 Å². The summed E-state index contributed by atoms with van der Waals surface area (Å²) in [5.41, 5.74) is 3.33. The Bertz CT molecular complexity index is 879. The maximum Gasteiger partial charge on any atom is 0.134 e. The molecule has 1 aliphatic rings. The number of nitriles is 1. The van der Waals surface area contributed by atoms with E-state index in [0.29, 0.717) is 17.3 Å². The van der Waals surface area contributed by atoms with Gasteiger partial charge in [0.15, 0.2) is 0 Å². The second-order valence-electron chi connectivity index (χ2n) is 9.13. The molecule has 0 fully saturated rings. The molecule has 3 nitrogen and oxygen atoms in total. The number of hydrogen-bond acceptors (Lipinski definition) is 4. The van der Waals surface area contributed by atoms with Crippen LogP contribution in [-0.2, 0) is 12.8 Å². The predicted octanol–water partition coefficient (Wildman–Crippen LogP) is 6.56. The average Bonchev–Trinajstić information content (AvgIpc) is 3.01. The van der Waals surface area contributed by atoms with Crippen molar-refractivity contribution in [2.75, 3.05) is 6.61 Å². The van der Waals surface area contributed by atoms with Crippen molar-refractivity contribution >= 4 is 22.6 Å². The first-order valence-electron chi connectivity index (χ1n) is 10.1. The van der Waals surface area contributed by atoms with Crippen LogP contribution in [0.15, 0.2) is 29.3 Å². The summed E-state index contributed by atoms with van der Waals surface area (Å²) >= 11 is 1.70. The Balaban J connectivity index is 1.76. The summed E-state index contributed by atoms with van der Waals surface area (Å²) in [6, 6.07) is 10.4. The Morgan fingerprint density at radius 2 is 2.00 bits per heavy atom. The van der Waals surface area contributed by atoms with Crippen molar-refractivity contribution in [2.45, 2.75) is 53.9 Å². The molecule has 0 N–H and O–H groups in total. The molecule has 3 rings (SSSR count). The molecular formula is C24H30N2OS. The zero-order valence-corrected chi connectivity index (χ0v) is 18.4. The van der Waals surface area contributed by atoms with Gasteiger partial charge in [-0.15, -0.1) is 11.3 Å². The number of nitrogens with zero attached hydrogens (tertiary/aromatic N) is 2. The first-order chi connectivity index (χ1) is 13.3. The predicted molar refractivity (Wildman–Crippen MR) is 118 cm³/mol. The van der Waals surface area contributed by atoms with E-state index in [0.717, 1.165) is 47.7 Å². The first kappa shape index (κ1) is 20.6. The van der Waals surface area contributed by atoms with Crippen molar-refractivity contribution in [3.05, 3.63) is 45.8 Å². The fourth-order valence-electron chi connectivity index (χ4n) is 3.56. The molecule has 0 unspecified atom stereocenters. The first-order valence-corrected chi connectivity index (χ1v) is 10.9. The molecular weight excluding hydrogens is 364 g/mol. The molecule has 0 aliphatic heterocycles. The van der Waals surface area contributed by atoms with Gasteiger partial charge >= 0.3 is 0 Å². The fraction of sp³-hybridized carbons (Fsp3) is 0.500. The Hall–Kier alpha value is -2.12. The average molecular weight is 395 g/mol. The van der Waals surface area contributed by atoms with Gasteiger partial charge in [-0.3, -0.25) is 0 Å². The highest BCUT2D eigenvalue weighted by Crippen LogP contribution is 2.44. The summed E-state index contributed by atoms with van der Waals surface area (Å²) in [5.74, 6) is 2.05. The van der Waals surface area contributed by atoms with Gasteiger partial charge in [0.05, 0.1) is 12.2 Å². The zero-order valence-electron chi connectivity index (χ0n) is 17.6. The summed E-state index contributed by atoms with van der Waals surface area (Å²) in [5, 5.41) is 10.5. The minimum atomic E-state index is 0.303. The Labute approximate surface area is 173 Å². The molecule has 2 aromatic rings. The van der Waals surface area contributed by atoms with Gasteiger partial charge in [0.1, 0.15) is 16.8 Å². The zero-order chi connectivity index (χ0) is 20.3. The molecule has 1 aromatic carbocycles. The lowest BCUT2D eigenvalue weighted by Gasteiger charge is -2.33. The number of hydrogen-bond donors (Lipinski definition) is 0. The van der Waals surface area contributed by atoms with Crippen molar-refractivity contribution in [1.29, 1.82) is 5.26 Å². The van der Waals surface area contributed by atoms with Crippen LogP contribution in [0.3, 0.4) is 0 Å². The van der Waals surface area contributed by atoms with E-state index in [1.807, 2.05) is 30.5 Å². The Kier molecular flexibility index (Phi) is 6.25. The standard InChI is InChI=1S/C24H30N2OS/c1-16(2)15-27-19-9-6-17(7-10-19)14-26-23-21(13-25)20-11-8-18(24(3,4)5)12-22(20)28-23/h6-7,9-10,14,16,18H,8,11-12,15H2,1-5H3/t18-/m0/s1. The lowest BCUT2D eigenvalue weighted by atomic mass is 9.72. The highest BCUT2D eigenvalue weighted by atomic mass is 32.1. The quantitative estimate of drug-likeness (QED) is 0.539. The van der Waals surface area contributed by atoms with Gasteiger partial charge in [0.2, 0.25) is 0 Å².